The molecule has 0 saturated carbocycles. The first-order valence-corrected chi connectivity index (χ1v) is 12.2. The molecule has 3 aromatic carbocycles. The third kappa shape index (κ3) is 4.26. The van der Waals surface area contributed by atoms with Crippen molar-refractivity contribution < 1.29 is 9.53 Å². The minimum absolute atomic E-state index is 0.0237. The third-order valence-electron chi connectivity index (χ3n) is 5.51. The van der Waals surface area contributed by atoms with Crippen LogP contribution in [0, 0.1) is 6.92 Å². The van der Waals surface area contributed by atoms with Gasteiger partial charge in [0.05, 0.1) is 30.1 Å². The minimum Gasteiger partial charge on any atom is -0.497 e. The summed E-state index contributed by atoms with van der Waals surface area (Å²) < 4.78 is 5.39. The molecule has 3 aromatic rings. The van der Waals surface area contributed by atoms with Gasteiger partial charge in [-0.15, -0.1) is 0 Å². The van der Waals surface area contributed by atoms with Crippen LogP contribution in [-0.2, 0) is 11.3 Å². The number of rotatable bonds is 4. The first-order chi connectivity index (χ1) is 16.0. The molecule has 0 unspecified atom stereocenters. The van der Waals surface area contributed by atoms with Crippen LogP contribution < -0.4 is 9.64 Å². The molecule has 2 heterocycles. The molecule has 1 saturated heterocycles. The number of hydrogen-bond donors (Lipinski definition) is 0. The topological polar surface area (TPSA) is 45.1 Å². The standard InChI is InChI=1S/C26H23N3O2S2/c1-17-8-7-11-19(14-17)27-26-29(16-18-9-5-4-6-10-18)24(30)23(33-26)25-28(2)21-15-20(31-3)12-13-22(21)32-25/h4-15H,16H2,1-3H3/b25-23-,27-26?. The Hall–Kier alpha value is -3.16. The normalized spacial score (nSPS) is 18.9. The van der Waals surface area contributed by atoms with Crippen molar-refractivity contribution in [2.24, 2.45) is 4.99 Å². The number of methoxy groups -OCH3 is 1. The van der Waals surface area contributed by atoms with Gasteiger partial charge in [-0.3, -0.25) is 9.69 Å². The van der Waals surface area contributed by atoms with Gasteiger partial charge in [-0.1, -0.05) is 54.2 Å². The fourth-order valence-corrected chi connectivity index (χ4v) is 6.11. The molecule has 0 radical (unpaired) electrons. The van der Waals surface area contributed by atoms with Crippen molar-refractivity contribution >= 4 is 46.0 Å². The molecule has 0 N–H and O–H groups in total. The number of amidine groups is 1. The van der Waals surface area contributed by atoms with Crippen LogP contribution in [0.3, 0.4) is 0 Å². The summed E-state index contributed by atoms with van der Waals surface area (Å²) in [5.74, 6) is 0.773. The Kier molecular flexibility index (Phi) is 5.91. The first-order valence-electron chi connectivity index (χ1n) is 10.6. The van der Waals surface area contributed by atoms with Gasteiger partial charge in [0.2, 0.25) is 0 Å². The number of nitrogens with zero attached hydrogens (tertiary/aromatic N) is 3. The Balaban J connectivity index is 1.55. The monoisotopic (exact) mass is 473 g/mol. The largest absolute Gasteiger partial charge is 0.497 e. The molecule has 5 nitrogen and oxygen atoms in total. The van der Waals surface area contributed by atoms with Crippen LogP contribution in [0.25, 0.3) is 0 Å². The maximum absolute atomic E-state index is 13.7. The fraction of sp³-hybridized carbons (Fsp3) is 0.154. The lowest BCUT2D eigenvalue weighted by atomic mass is 10.2. The predicted molar refractivity (Wildman–Crippen MR) is 137 cm³/mol. The van der Waals surface area contributed by atoms with Crippen LogP contribution in [0.2, 0.25) is 0 Å². The van der Waals surface area contributed by atoms with Crippen molar-refractivity contribution in [2.75, 3.05) is 19.1 Å². The van der Waals surface area contributed by atoms with Gasteiger partial charge in [0.1, 0.15) is 10.7 Å². The van der Waals surface area contributed by atoms with E-state index in [1.54, 1.807) is 23.8 Å². The summed E-state index contributed by atoms with van der Waals surface area (Å²) >= 11 is 3.05. The van der Waals surface area contributed by atoms with Gasteiger partial charge in [-0.25, -0.2) is 4.99 Å². The van der Waals surface area contributed by atoms with Crippen molar-refractivity contribution in [2.45, 2.75) is 18.4 Å². The molecule has 33 heavy (non-hydrogen) atoms. The first kappa shape index (κ1) is 21.7. The van der Waals surface area contributed by atoms with E-state index in [0.717, 1.165) is 38.2 Å². The molecular weight excluding hydrogens is 450 g/mol. The Bertz CT molecular complexity index is 1290. The summed E-state index contributed by atoms with van der Waals surface area (Å²) in [6, 6.07) is 24.0. The number of aryl methyl sites for hydroxylation is 1. The van der Waals surface area contributed by atoms with E-state index in [4.69, 9.17) is 9.73 Å². The highest BCUT2D eigenvalue weighted by molar-refractivity contribution is 8.19. The second-order valence-electron chi connectivity index (χ2n) is 7.84. The Morgan fingerprint density at radius 1 is 0.970 bits per heavy atom. The van der Waals surface area contributed by atoms with Crippen LogP contribution in [0.1, 0.15) is 11.1 Å². The number of carbonyl (C=O) groups excluding carboxylic acids is 1. The minimum atomic E-state index is -0.0237. The summed E-state index contributed by atoms with van der Waals surface area (Å²) in [5.41, 5.74) is 4.08. The number of benzene rings is 3. The number of anilines is 1. The lowest BCUT2D eigenvalue weighted by molar-refractivity contribution is -0.122. The zero-order chi connectivity index (χ0) is 22.9. The molecular formula is C26H23N3O2S2. The van der Waals surface area contributed by atoms with Gasteiger partial charge in [0.15, 0.2) is 5.17 Å². The van der Waals surface area contributed by atoms with E-state index >= 15 is 0 Å². The van der Waals surface area contributed by atoms with E-state index in [9.17, 15) is 4.79 Å². The van der Waals surface area contributed by atoms with Crippen molar-refractivity contribution in [3.63, 3.8) is 0 Å². The molecule has 5 rings (SSSR count). The average molecular weight is 474 g/mol. The van der Waals surface area contributed by atoms with Gasteiger partial charge < -0.3 is 9.64 Å². The SMILES string of the molecule is COc1ccc2c(c1)N(C)/C(=C1/SC(=Nc3cccc(C)c3)N(Cc3ccccc3)C1=O)S2. The number of ether oxygens (including phenoxy) is 1. The van der Waals surface area contributed by atoms with Gasteiger partial charge in [-0.2, -0.15) is 0 Å². The van der Waals surface area contributed by atoms with Crippen LogP contribution >= 0.6 is 23.5 Å². The smallest absolute Gasteiger partial charge is 0.269 e. The molecule has 0 spiro atoms. The zero-order valence-corrected chi connectivity index (χ0v) is 20.2. The van der Waals surface area contributed by atoms with Gasteiger partial charge >= 0.3 is 0 Å². The van der Waals surface area contributed by atoms with Crippen LogP contribution in [-0.4, -0.2) is 30.1 Å². The molecule has 1 fully saturated rings. The molecule has 0 bridgehead atoms. The third-order valence-corrected chi connectivity index (χ3v) is 7.94. The molecule has 2 aliphatic heterocycles. The molecule has 2 aliphatic rings. The van der Waals surface area contributed by atoms with Crippen LogP contribution in [0.4, 0.5) is 11.4 Å². The fourth-order valence-electron chi connectivity index (χ4n) is 3.78. The van der Waals surface area contributed by atoms with Crippen molar-refractivity contribution in [1.29, 1.82) is 0 Å². The summed E-state index contributed by atoms with van der Waals surface area (Å²) in [5, 5.41) is 1.61. The Morgan fingerprint density at radius 3 is 2.55 bits per heavy atom. The second-order valence-corrected chi connectivity index (χ2v) is 9.85. The summed E-state index contributed by atoms with van der Waals surface area (Å²) in [6.07, 6.45) is 0. The lowest BCUT2D eigenvalue weighted by Gasteiger charge is -2.17. The van der Waals surface area contributed by atoms with E-state index in [2.05, 4.69) is 4.90 Å². The molecule has 166 valence electrons. The Morgan fingerprint density at radius 2 is 1.79 bits per heavy atom. The second kappa shape index (κ2) is 9.00. The van der Waals surface area contributed by atoms with Gasteiger partial charge in [-0.05, 0) is 54.1 Å². The summed E-state index contributed by atoms with van der Waals surface area (Å²) in [4.78, 5) is 24.2. The molecule has 0 aromatic heterocycles. The van der Waals surface area contributed by atoms with Gasteiger partial charge in [0.25, 0.3) is 5.91 Å². The average Bonchev–Trinajstić information content (AvgIpc) is 3.31. The van der Waals surface area contributed by atoms with Crippen LogP contribution in [0.5, 0.6) is 5.75 Å². The number of carbonyl (C=O) groups is 1. The maximum Gasteiger partial charge on any atom is 0.269 e. The molecule has 7 heteroatoms. The highest BCUT2D eigenvalue weighted by Crippen LogP contribution is 2.51. The van der Waals surface area contributed by atoms with Gasteiger partial charge in [0, 0.05) is 18.0 Å². The maximum atomic E-state index is 13.7. The highest BCUT2D eigenvalue weighted by atomic mass is 32.2. The van der Waals surface area contributed by atoms with E-state index in [0.29, 0.717) is 16.6 Å². The van der Waals surface area contributed by atoms with E-state index in [1.807, 2.05) is 86.8 Å². The van der Waals surface area contributed by atoms with E-state index in [1.165, 1.54) is 11.8 Å². The summed E-state index contributed by atoms with van der Waals surface area (Å²) in [6.45, 7) is 2.52. The number of amides is 1. The molecule has 1 amide bonds. The van der Waals surface area contributed by atoms with E-state index in [-0.39, 0.29) is 5.91 Å². The van der Waals surface area contributed by atoms with Crippen molar-refractivity contribution in [3.8, 4) is 5.75 Å². The molecule has 0 atom stereocenters. The number of aliphatic imine (C=N–C) groups is 1. The predicted octanol–water partition coefficient (Wildman–Crippen LogP) is 6.18. The Labute approximate surface area is 202 Å². The van der Waals surface area contributed by atoms with Crippen molar-refractivity contribution in [1.82, 2.24) is 4.90 Å². The van der Waals surface area contributed by atoms with Crippen LogP contribution in [0.15, 0.2) is 92.6 Å². The zero-order valence-electron chi connectivity index (χ0n) is 18.6. The highest BCUT2D eigenvalue weighted by Gasteiger charge is 2.39. The summed E-state index contributed by atoms with van der Waals surface area (Å²) in [7, 11) is 3.65. The van der Waals surface area contributed by atoms with Crippen molar-refractivity contribution in [3.05, 3.63) is 93.9 Å². The number of hydrogen-bond acceptors (Lipinski definition) is 6. The van der Waals surface area contributed by atoms with E-state index < -0.39 is 0 Å². The lowest BCUT2D eigenvalue weighted by Crippen LogP contribution is -2.29. The molecule has 0 aliphatic carbocycles. The number of thioether (sulfide) groups is 2. The quantitative estimate of drug-likeness (QED) is 0.424. The number of fused-ring (bicyclic) bond motifs is 1.